The summed E-state index contributed by atoms with van der Waals surface area (Å²) in [5, 5.41) is 2.39. The van der Waals surface area contributed by atoms with E-state index in [0.717, 1.165) is 0 Å². The monoisotopic (exact) mass is 214 g/mol. The largest absolute Gasteiger partial charge is 0.456 e. The molecular weight excluding hydrogens is 208 g/mol. The number of hydrogen-bond donors (Lipinski definition) is 0. The Labute approximate surface area is 85.5 Å². The van der Waals surface area contributed by atoms with Crippen LogP contribution in [-0.4, -0.2) is 12.6 Å². The van der Waals surface area contributed by atoms with Gasteiger partial charge in [0.25, 0.3) is 0 Å². The van der Waals surface area contributed by atoms with Gasteiger partial charge < -0.3 is 4.74 Å². The molecule has 1 aromatic rings. The van der Waals surface area contributed by atoms with Crippen LogP contribution >= 0.6 is 22.9 Å². The molecule has 0 saturated heterocycles. The molecule has 0 N–H and O–H groups in total. The Kier molecular flexibility index (Phi) is 3.81. The van der Waals surface area contributed by atoms with Gasteiger partial charge in [-0.2, -0.15) is 0 Å². The van der Waals surface area contributed by atoms with Crippen molar-refractivity contribution in [3.8, 4) is 11.8 Å². The lowest BCUT2D eigenvalue weighted by Crippen LogP contribution is -1.99. The fraction of sp³-hybridized carbons (Fsp3) is 0.222. The highest BCUT2D eigenvalue weighted by molar-refractivity contribution is 7.11. The van der Waals surface area contributed by atoms with Gasteiger partial charge in [-0.15, -0.1) is 11.3 Å². The minimum Gasteiger partial charge on any atom is -0.456 e. The fourth-order valence-electron chi connectivity index (χ4n) is 0.658. The first-order valence-corrected chi connectivity index (χ1v) is 4.91. The average molecular weight is 215 g/mol. The van der Waals surface area contributed by atoms with Crippen LogP contribution in [0.2, 0.25) is 5.02 Å². The van der Waals surface area contributed by atoms with Crippen molar-refractivity contribution >= 4 is 28.9 Å². The van der Waals surface area contributed by atoms with Crippen LogP contribution in [0.4, 0.5) is 0 Å². The molecule has 0 aromatic carbocycles. The summed E-state index contributed by atoms with van der Waals surface area (Å²) < 4.78 is 4.63. The summed E-state index contributed by atoms with van der Waals surface area (Å²) in [6.07, 6.45) is 0. The van der Waals surface area contributed by atoms with Crippen LogP contribution in [0, 0.1) is 11.8 Å². The maximum atomic E-state index is 10.8. The summed E-state index contributed by atoms with van der Waals surface area (Å²) in [5.74, 6) is 4.46. The molecule has 0 unspecified atom stereocenters. The van der Waals surface area contributed by atoms with Gasteiger partial charge in [-0.1, -0.05) is 11.6 Å². The third-order valence-corrected chi connectivity index (χ3v) is 2.43. The molecule has 0 saturated carbocycles. The molecule has 0 bridgehead atoms. The lowest BCUT2D eigenvalue weighted by Gasteiger charge is -1.90. The van der Waals surface area contributed by atoms with Gasteiger partial charge in [0, 0.05) is 5.92 Å². The Hall–Kier alpha value is -0.980. The van der Waals surface area contributed by atoms with E-state index in [1.807, 2.05) is 5.38 Å². The predicted molar refractivity (Wildman–Crippen MR) is 52.8 cm³/mol. The van der Waals surface area contributed by atoms with Crippen LogP contribution in [-0.2, 0) is 9.53 Å². The fourth-order valence-corrected chi connectivity index (χ4v) is 1.61. The molecule has 0 aliphatic carbocycles. The smallest absolute Gasteiger partial charge is 0.384 e. The van der Waals surface area contributed by atoms with E-state index < -0.39 is 5.97 Å². The number of carbonyl (C=O) groups excluding carboxylic acids is 1. The van der Waals surface area contributed by atoms with E-state index in [-0.39, 0.29) is 0 Å². The highest BCUT2D eigenvalue weighted by Gasteiger charge is 1.98. The summed E-state index contributed by atoms with van der Waals surface area (Å²) in [7, 11) is 0. The van der Waals surface area contributed by atoms with Crippen molar-refractivity contribution in [2.75, 3.05) is 6.61 Å². The van der Waals surface area contributed by atoms with E-state index in [0.29, 0.717) is 16.5 Å². The molecule has 68 valence electrons. The van der Waals surface area contributed by atoms with Crippen molar-refractivity contribution in [1.82, 2.24) is 0 Å². The quantitative estimate of drug-likeness (QED) is 0.530. The Morgan fingerprint density at radius 2 is 2.54 bits per heavy atom. The number of hydrogen-bond acceptors (Lipinski definition) is 3. The maximum absolute atomic E-state index is 10.8. The van der Waals surface area contributed by atoms with Gasteiger partial charge in [0.1, 0.15) is 0 Å². The van der Waals surface area contributed by atoms with E-state index >= 15 is 0 Å². The number of rotatable bonds is 1. The first kappa shape index (κ1) is 10.1. The summed E-state index contributed by atoms with van der Waals surface area (Å²) in [5.41, 5.74) is 0. The summed E-state index contributed by atoms with van der Waals surface area (Å²) in [6.45, 7) is 2.07. The first-order valence-electron chi connectivity index (χ1n) is 3.65. The van der Waals surface area contributed by atoms with Gasteiger partial charge >= 0.3 is 5.97 Å². The number of esters is 1. The van der Waals surface area contributed by atoms with Gasteiger partial charge in [0.2, 0.25) is 0 Å². The van der Waals surface area contributed by atoms with Gasteiger partial charge in [-0.05, 0) is 24.3 Å². The number of carbonyl (C=O) groups is 1. The molecule has 0 fully saturated rings. The molecule has 0 aliphatic heterocycles. The predicted octanol–water partition coefficient (Wildman–Crippen LogP) is 2.32. The maximum Gasteiger partial charge on any atom is 0.384 e. The highest BCUT2D eigenvalue weighted by Crippen LogP contribution is 2.20. The molecule has 1 aromatic heterocycles. The first-order chi connectivity index (χ1) is 6.24. The normalized spacial score (nSPS) is 8.77. The Balaban J connectivity index is 2.67. The molecule has 1 heterocycles. The molecule has 0 spiro atoms. The van der Waals surface area contributed by atoms with Crippen molar-refractivity contribution in [3.63, 3.8) is 0 Å². The van der Waals surface area contributed by atoms with Crippen molar-refractivity contribution < 1.29 is 9.53 Å². The lowest BCUT2D eigenvalue weighted by molar-refractivity contribution is -0.136. The topological polar surface area (TPSA) is 26.3 Å². The summed E-state index contributed by atoms with van der Waals surface area (Å²) in [4.78, 5) is 11.5. The molecule has 0 amide bonds. The van der Waals surface area contributed by atoms with Gasteiger partial charge in [-0.25, -0.2) is 4.79 Å². The minimum absolute atomic E-state index is 0.339. The molecule has 2 nitrogen and oxygen atoms in total. The van der Waals surface area contributed by atoms with Crippen molar-refractivity contribution in [2.24, 2.45) is 0 Å². The second kappa shape index (κ2) is 4.90. The molecule has 1 rings (SSSR count). The zero-order valence-corrected chi connectivity index (χ0v) is 8.54. The zero-order valence-electron chi connectivity index (χ0n) is 6.96. The second-order valence-electron chi connectivity index (χ2n) is 2.07. The summed E-state index contributed by atoms with van der Waals surface area (Å²) in [6, 6.07) is 1.74. The van der Waals surface area contributed by atoms with Crippen molar-refractivity contribution in [1.29, 1.82) is 0 Å². The number of thiophene rings is 1. The van der Waals surface area contributed by atoms with Crippen molar-refractivity contribution in [3.05, 3.63) is 21.3 Å². The van der Waals surface area contributed by atoms with E-state index in [2.05, 4.69) is 16.6 Å². The molecule has 0 atom stereocenters. The van der Waals surface area contributed by atoms with Crippen LogP contribution in [0.5, 0.6) is 0 Å². The standard InChI is InChI=1S/C9H7ClO2S/c1-2-12-9(11)4-3-8-7(10)5-6-13-8/h5-6H,2H2,1H3. The second-order valence-corrected chi connectivity index (χ2v) is 3.39. The molecule has 0 radical (unpaired) electrons. The van der Waals surface area contributed by atoms with Gasteiger partial charge in [0.05, 0.1) is 16.5 Å². The van der Waals surface area contributed by atoms with Crippen LogP contribution in [0.3, 0.4) is 0 Å². The van der Waals surface area contributed by atoms with Gasteiger partial charge in [0.15, 0.2) is 0 Å². The molecule has 4 heteroatoms. The molecule has 0 aliphatic rings. The van der Waals surface area contributed by atoms with Crippen LogP contribution in [0.1, 0.15) is 11.8 Å². The van der Waals surface area contributed by atoms with Crippen LogP contribution < -0.4 is 0 Å². The highest BCUT2D eigenvalue weighted by atomic mass is 35.5. The van der Waals surface area contributed by atoms with E-state index in [9.17, 15) is 4.79 Å². The SMILES string of the molecule is CCOC(=O)C#Cc1sccc1Cl. The van der Waals surface area contributed by atoms with Crippen LogP contribution in [0.25, 0.3) is 0 Å². The van der Waals surface area contributed by atoms with Crippen LogP contribution in [0.15, 0.2) is 11.4 Å². The molecule has 13 heavy (non-hydrogen) atoms. The summed E-state index contributed by atoms with van der Waals surface area (Å²) >= 11 is 7.15. The average Bonchev–Trinajstić information content (AvgIpc) is 2.48. The third kappa shape index (κ3) is 3.10. The van der Waals surface area contributed by atoms with Crippen molar-refractivity contribution in [2.45, 2.75) is 6.92 Å². The Morgan fingerprint density at radius 1 is 1.77 bits per heavy atom. The van der Waals surface area contributed by atoms with E-state index in [1.54, 1.807) is 13.0 Å². The lowest BCUT2D eigenvalue weighted by atomic mass is 10.4. The number of ether oxygens (including phenoxy) is 1. The zero-order chi connectivity index (χ0) is 9.68. The minimum atomic E-state index is -0.521. The Bertz CT molecular complexity index is 359. The van der Waals surface area contributed by atoms with E-state index in [1.165, 1.54) is 11.3 Å². The number of halogens is 1. The van der Waals surface area contributed by atoms with E-state index in [4.69, 9.17) is 11.6 Å². The Morgan fingerprint density at radius 3 is 3.08 bits per heavy atom. The third-order valence-electron chi connectivity index (χ3n) is 1.17. The van der Waals surface area contributed by atoms with Gasteiger partial charge in [-0.3, -0.25) is 0 Å². The molecular formula is C9H7ClO2S.